The van der Waals surface area contributed by atoms with Crippen molar-refractivity contribution in [2.75, 3.05) is 11.9 Å². The molecular weight excluding hydrogens is 336 g/mol. The SMILES string of the molecule is CCOC(=O)c1ccn(-c2cccc(NC(=O)NCc3ccco3)c2)n1. The zero-order chi connectivity index (χ0) is 18.4. The largest absolute Gasteiger partial charge is 0.467 e. The second kappa shape index (κ2) is 8.02. The van der Waals surface area contributed by atoms with Crippen LogP contribution in [0.25, 0.3) is 5.69 Å². The van der Waals surface area contributed by atoms with Gasteiger partial charge in [-0.15, -0.1) is 0 Å². The number of esters is 1. The first kappa shape index (κ1) is 17.3. The Bertz CT molecular complexity index is 886. The highest BCUT2D eigenvalue weighted by Crippen LogP contribution is 2.15. The number of nitrogens with one attached hydrogen (secondary N) is 2. The van der Waals surface area contributed by atoms with Gasteiger partial charge in [0.15, 0.2) is 5.69 Å². The maximum atomic E-state index is 12.0. The van der Waals surface area contributed by atoms with Crippen molar-refractivity contribution in [2.24, 2.45) is 0 Å². The van der Waals surface area contributed by atoms with Crippen molar-refractivity contribution in [1.82, 2.24) is 15.1 Å². The van der Waals surface area contributed by atoms with Gasteiger partial charge in [-0.25, -0.2) is 14.3 Å². The molecule has 2 aromatic heterocycles. The van der Waals surface area contributed by atoms with E-state index in [1.165, 1.54) is 4.68 Å². The van der Waals surface area contributed by atoms with E-state index in [0.717, 1.165) is 0 Å². The van der Waals surface area contributed by atoms with E-state index in [-0.39, 0.29) is 18.3 Å². The Hall–Kier alpha value is -3.55. The Morgan fingerprint density at radius 3 is 2.88 bits per heavy atom. The molecule has 0 saturated carbocycles. The van der Waals surface area contributed by atoms with Gasteiger partial charge in [0.05, 0.1) is 25.1 Å². The summed E-state index contributed by atoms with van der Waals surface area (Å²) in [5.74, 6) is 0.190. The minimum atomic E-state index is -0.474. The number of carbonyl (C=O) groups excluding carboxylic acids is 2. The van der Waals surface area contributed by atoms with Crippen molar-refractivity contribution in [2.45, 2.75) is 13.5 Å². The van der Waals surface area contributed by atoms with E-state index in [1.54, 1.807) is 55.8 Å². The summed E-state index contributed by atoms with van der Waals surface area (Å²) in [6.45, 7) is 2.32. The smallest absolute Gasteiger partial charge is 0.358 e. The van der Waals surface area contributed by atoms with Gasteiger partial charge in [0.25, 0.3) is 0 Å². The van der Waals surface area contributed by atoms with E-state index in [9.17, 15) is 9.59 Å². The summed E-state index contributed by atoms with van der Waals surface area (Å²) in [4.78, 5) is 23.7. The molecule has 2 amide bonds. The highest BCUT2D eigenvalue weighted by atomic mass is 16.5. The number of urea groups is 1. The van der Waals surface area contributed by atoms with Gasteiger partial charge < -0.3 is 19.8 Å². The van der Waals surface area contributed by atoms with Crippen LogP contribution in [0.3, 0.4) is 0 Å². The van der Waals surface area contributed by atoms with Crippen LogP contribution in [0.15, 0.2) is 59.3 Å². The molecule has 0 aliphatic rings. The number of nitrogens with zero attached hydrogens (tertiary/aromatic N) is 2. The number of aromatic nitrogens is 2. The molecular formula is C18H18N4O4. The molecule has 0 spiro atoms. The van der Waals surface area contributed by atoms with Crippen molar-refractivity contribution in [3.8, 4) is 5.69 Å². The normalized spacial score (nSPS) is 10.3. The molecule has 0 bridgehead atoms. The number of amides is 2. The Balaban J connectivity index is 1.64. The van der Waals surface area contributed by atoms with Gasteiger partial charge in [0, 0.05) is 11.9 Å². The molecule has 0 aliphatic heterocycles. The third-order valence-corrected chi connectivity index (χ3v) is 3.45. The number of rotatable bonds is 6. The van der Waals surface area contributed by atoms with Crippen LogP contribution in [0.5, 0.6) is 0 Å². The standard InChI is InChI=1S/C18H18N4O4/c1-2-25-17(23)16-8-9-22(21-16)14-6-3-5-13(11-14)20-18(24)19-12-15-7-4-10-26-15/h3-11H,2,12H2,1H3,(H2,19,20,24). The van der Waals surface area contributed by atoms with E-state index < -0.39 is 5.97 Å². The minimum absolute atomic E-state index is 0.224. The molecule has 0 unspecified atom stereocenters. The van der Waals surface area contributed by atoms with Crippen LogP contribution in [0.1, 0.15) is 23.2 Å². The minimum Gasteiger partial charge on any atom is -0.467 e. The lowest BCUT2D eigenvalue weighted by Crippen LogP contribution is -2.28. The topological polar surface area (TPSA) is 98.4 Å². The van der Waals surface area contributed by atoms with E-state index in [1.807, 2.05) is 6.07 Å². The van der Waals surface area contributed by atoms with Gasteiger partial charge in [-0.1, -0.05) is 6.07 Å². The summed E-state index contributed by atoms with van der Waals surface area (Å²) in [7, 11) is 0. The summed E-state index contributed by atoms with van der Waals surface area (Å²) >= 11 is 0. The molecule has 134 valence electrons. The van der Waals surface area contributed by atoms with E-state index >= 15 is 0 Å². The summed E-state index contributed by atoms with van der Waals surface area (Å²) in [6.07, 6.45) is 3.20. The van der Waals surface area contributed by atoms with Crippen molar-refractivity contribution in [3.05, 3.63) is 66.4 Å². The van der Waals surface area contributed by atoms with Gasteiger partial charge in [-0.05, 0) is 43.3 Å². The molecule has 8 nitrogen and oxygen atoms in total. The second-order valence-corrected chi connectivity index (χ2v) is 5.30. The lowest BCUT2D eigenvalue weighted by Gasteiger charge is -2.08. The molecule has 8 heteroatoms. The highest BCUT2D eigenvalue weighted by Gasteiger charge is 2.11. The molecule has 0 fully saturated rings. The molecule has 2 heterocycles. The molecule has 0 aliphatic carbocycles. The van der Waals surface area contributed by atoms with Crippen LogP contribution in [0.2, 0.25) is 0 Å². The average Bonchev–Trinajstić information content (AvgIpc) is 3.32. The Morgan fingerprint density at radius 1 is 1.23 bits per heavy atom. The average molecular weight is 354 g/mol. The molecule has 1 aromatic carbocycles. The number of hydrogen-bond donors (Lipinski definition) is 2. The van der Waals surface area contributed by atoms with Crippen molar-refractivity contribution >= 4 is 17.7 Å². The third-order valence-electron chi connectivity index (χ3n) is 3.45. The summed E-state index contributed by atoms with van der Waals surface area (Å²) in [5, 5.41) is 9.63. The number of ether oxygens (including phenoxy) is 1. The third kappa shape index (κ3) is 4.29. The monoisotopic (exact) mass is 354 g/mol. The second-order valence-electron chi connectivity index (χ2n) is 5.30. The van der Waals surface area contributed by atoms with Crippen LogP contribution >= 0.6 is 0 Å². The lowest BCUT2D eigenvalue weighted by molar-refractivity contribution is 0.0519. The predicted octanol–water partition coefficient (Wildman–Crippen LogP) is 2.96. The molecule has 2 N–H and O–H groups in total. The summed E-state index contributed by atoms with van der Waals surface area (Å²) < 4.78 is 11.6. The van der Waals surface area contributed by atoms with Crippen molar-refractivity contribution in [3.63, 3.8) is 0 Å². The zero-order valence-electron chi connectivity index (χ0n) is 14.1. The van der Waals surface area contributed by atoms with E-state index in [4.69, 9.17) is 9.15 Å². The summed E-state index contributed by atoms with van der Waals surface area (Å²) in [6, 6.07) is 11.9. The quantitative estimate of drug-likeness (QED) is 0.663. The lowest BCUT2D eigenvalue weighted by atomic mass is 10.3. The van der Waals surface area contributed by atoms with Gasteiger partial charge in [0.2, 0.25) is 0 Å². The van der Waals surface area contributed by atoms with Gasteiger partial charge in [-0.3, -0.25) is 0 Å². The first-order chi connectivity index (χ1) is 12.7. The van der Waals surface area contributed by atoms with Crippen LogP contribution in [-0.4, -0.2) is 28.4 Å². The van der Waals surface area contributed by atoms with E-state index in [2.05, 4.69) is 15.7 Å². The summed E-state index contributed by atoms with van der Waals surface area (Å²) in [5.41, 5.74) is 1.51. The fraction of sp³-hybridized carbons (Fsp3) is 0.167. The first-order valence-electron chi connectivity index (χ1n) is 8.06. The number of carbonyl (C=O) groups is 2. The molecule has 3 aromatic rings. The predicted molar refractivity (Wildman–Crippen MR) is 94.1 cm³/mol. The Labute approximate surface area is 149 Å². The molecule has 0 radical (unpaired) electrons. The van der Waals surface area contributed by atoms with E-state index in [0.29, 0.717) is 23.7 Å². The maximum Gasteiger partial charge on any atom is 0.358 e. The number of furan rings is 1. The van der Waals surface area contributed by atoms with Crippen molar-refractivity contribution in [1.29, 1.82) is 0 Å². The maximum absolute atomic E-state index is 12.0. The van der Waals surface area contributed by atoms with Crippen LogP contribution in [0, 0.1) is 0 Å². The Kier molecular flexibility index (Phi) is 5.33. The number of hydrogen-bond acceptors (Lipinski definition) is 5. The van der Waals surface area contributed by atoms with Crippen LogP contribution in [0.4, 0.5) is 10.5 Å². The van der Waals surface area contributed by atoms with Gasteiger partial charge >= 0.3 is 12.0 Å². The van der Waals surface area contributed by atoms with Gasteiger partial charge in [-0.2, -0.15) is 5.10 Å². The Morgan fingerprint density at radius 2 is 2.12 bits per heavy atom. The molecule has 26 heavy (non-hydrogen) atoms. The molecule has 3 rings (SSSR count). The zero-order valence-corrected chi connectivity index (χ0v) is 14.1. The molecule has 0 saturated heterocycles. The highest BCUT2D eigenvalue weighted by molar-refractivity contribution is 5.89. The van der Waals surface area contributed by atoms with Crippen molar-refractivity contribution < 1.29 is 18.7 Å². The van der Waals surface area contributed by atoms with Crippen LogP contribution in [-0.2, 0) is 11.3 Å². The number of anilines is 1. The fourth-order valence-electron chi connectivity index (χ4n) is 2.26. The molecule has 0 atom stereocenters. The fourth-order valence-corrected chi connectivity index (χ4v) is 2.26. The van der Waals surface area contributed by atoms with Gasteiger partial charge in [0.1, 0.15) is 5.76 Å². The van der Waals surface area contributed by atoms with Crippen LogP contribution < -0.4 is 10.6 Å². The number of benzene rings is 1. The first-order valence-corrected chi connectivity index (χ1v) is 8.06.